The van der Waals surface area contributed by atoms with Gasteiger partial charge < -0.3 is 4.74 Å². The van der Waals surface area contributed by atoms with Crippen LogP contribution in [-0.2, 0) is 4.79 Å². The molecule has 1 rings (SSSR count). The predicted octanol–water partition coefficient (Wildman–Crippen LogP) is 3.11. The molecule has 2 nitrogen and oxygen atoms in total. The van der Waals surface area contributed by atoms with Crippen LogP contribution in [0.2, 0.25) is 0 Å². The highest BCUT2D eigenvalue weighted by Gasteiger charge is 2.09. The first-order chi connectivity index (χ1) is 6.65. The second-order valence-corrected chi connectivity index (χ2v) is 3.86. The van der Waals surface area contributed by atoms with Crippen LogP contribution in [0.3, 0.4) is 0 Å². The minimum atomic E-state index is -0.266. The standard InChI is InChI=1S/C11H13BrO2/c1-8(2)9-5-3-4-6-10(9)14-11(13)7-12/h3-6,8H,7H2,1-2H3. The molecule has 0 fully saturated rings. The topological polar surface area (TPSA) is 26.3 Å². The van der Waals surface area contributed by atoms with Gasteiger partial charge in [0.2, 0.25) is 0 Å². The molecule has 0 heterocycles. The number of benzene rings is 1. The Kier molecular flexibility index (Phi) is 4.14. The summed E-state index contributed by atoms with van der Waals surface area (Å²) in [7, 11) is 0. The molecule has 3 heteroatoms. The van der Waals surface area contributed by atoms with Crippen LogP contribution in [0.25, 0.3) is 0 Å². The Labute approximate surface area is 92.4 Å². The zero-order valence-corrected chi connectivity index (χ0v) is 9.87. The van der Waals surface area contributed by atoms with E-state index in [2.05, 4.69) is 29.8 Å². The van der Waals surface area contributed by atoms with Crippen LogP contribution in [0.4, 0.5) is 0 Å². The number of hydrogen-bond acceptors (Lipinski definition) is 2. The monoisotopic (exact) mass is 256 g/mol. The van der Waals surface area contributed by atoms with Crippen molar-refractivity contribution in [3.63, 3.8) is 0 Å². The summed E-state index contributed by atoms with van der Waals surface area (Å²) in [6, 6.07) is 7.60. The summed E-state index contributed by atoms with van der Waals surface area (Å²) < 4.78 is 5.17. The fourth-order valence-electron chi connectivity index (χ4n) is 1.20. The van der Waals surface area contributed by atoms with Crippen LogP contribution in [0.1, 0.15) is 25.3 Å². The average molecular weight is 257 g/mol. The number of para-hydroxylation sites is 1. The van der Waals surface area contributed by atoms with Crippen LogP contribution in [0, 0.1) is 0 Å². The molecule has 76 valence electrons. The van der Waals surface area contributed by atoms with Crippen LogP contribution in [0.5, 0.6) is 5.75 Å². The van der Waals surface area contributed by atoms with E-state index in [4.69, 9.17) is 4.74 Å². The zero-order chi connectivity index (χ0) is 10.6. The molecule has 0 aliphatic rings. The molecular weight excluding hydrogens is 244 g/mol. The molecular formula is C11H13BrO2. The van der Waals surface area contributed by atoms with Crippen molar-refractivity contribution in [1.82, 2.24) is 0 Å². The van der Waals surface area contributed by atoms with Gasteiger partial charge in [0.25, 0.3) is 0 Å². The van der Waals surface area contributed by atoms with Gasteiger partial charge in [0.1, 0.15) is 11.1 Å². The Morgan fingerprint density at radius 1 is 1.43 bits per heavy atom. The molecule has 0 saturated heterocycles. The fraction of sp³-hybridized carbons (Fsp3) is 0.364. The van der Waals surface area contributed by atoms with Crippen molar-refractivity contribution < 1.29 is 9.53 Å². The lowest BCUT2D eigenvalue weighted by atomic mass is 10.0. The van der Waals surface area contributed by atoms with Crippen molar-refractivity contribution in [1.29, 1.82) is 0 Å². The number of halogens is 1. The van der Waals surface area contributed by atoms with Crippen molar-refractivity contribution in [3.05, 3.63) is 29.8 Å². The molecule has 0 atom stereocenters. The van der Waals surface area contributed by atoms with Gasteiger partial charge in [-0.2, -0.15) is 0 Å². The summed E-state index contributed by atoms with van der Waals surface area (Å²) in [6.45, 7) is 4.14. The first-order valence-electron chi connectivity index (χ1n) is 4.50. The van der Waals surface area contributed by atoms with Gasteiger partial charge in [0.05, 0.1) is 0 Å². The quantitative estimate of drug-likeness (QED) is 0.472. The molecule has 0 radical (unpaired) electrons. The summed E-state index contributed by atoms with van der Waals surface area (Å²) in [5.41, 5.74) is 1.06. The Bertz CT molecular complexity index is 321. The summed E-state index contributed by atoms with van der Waals surface area (Å²) in [5.74, 6) is 0.749. The van der Waals surface area contributed by atoms with Gasteiger partial charge in [-0.15, -0.1) is 0 Å². The van der Waals surface area contributed by atoms with Crippen molar-refractivity contribution in [3.8, 4) is 5.75 Å². The Balaban J connectivity index is 2.90. The zero-order valence-electron chi connectivity index (χ0n) is 8.29. The highest BCUT2D eigenvalue weighted by Crippen LogP contribution is 2.25. The number of alkyl halides is 1. The van der Waals surface area contributed by atoms with Gasteiger partial charge in [0, 0.05) is 0 Å². The average Bonchev–Trinajstić information content (AvgIpc) is 2.18. The molecule has 0 unspecified atom stereocenters. The maximum atomic E-state index is 11.1. The van der Waals surface area contributed by atoms with E-state index in [1.54, 1.807) is 0 Å². The first kappa shape index (κ1) is 11.2. The minimum Gasteiger partial charge on any atom is -0.426 e. The van der Waals surface area contributed by atoms with E-state index >= 15 is 0 Å². The van der Waals surface area contributed by atoms with E-state index in [1.807, 2.05) is 24.3 Å². The second-order valence-electron chi connectivity index (χ2n) is 3.30. The van der Waals surface area contributed by atoms with Crippen LogP contribution in [0.15, 0.2) is 24.3 Å². The normalized spacial score (nSPS) is 10.3. The van der Waals surface area contributed by atoms with E-state index in [9.17, 15) is 4.79 Å². The molecule has 0 saturated carbocycles. The second kappa shape index (κ2) is 5.15. The third kappa shape index (κ3) is 2.84. The van der Waals surface area contributed by atoms with Gasteiger partial charge in [0.15, 0.2) is 0 Å². The van der Waals surface area contributed by atoms with Crippen molar-refractivity contribution in [2.75, 3.05) is 5.33 Å². The lowest BCUT2D eigenvalue weighted by Gasteiger charge is -2.11. The van der Waals surface area contributed by atoms with E-state index in [-0.39, 0.29) is 11.3 Å². The summed E-state index contributed by atoms with van der Waals surface area (Å²) in [6.07, 6.45) is 0. The molecule has 1 aromatic rings. The summed E-state index contributed by atoms with van der Waals surface area (Å²) in [4.78, 5) is 11.1. The molecule has 0 amide bonds. The highest BCUT2D eigenvalue weighted by atomic mass is 79.9. The number of carbonyl (C=O) groups excluding carboxylic acids is 1. The summed E-state index contributed by atoms with van der Waals surface area (Å²) in [5, 5.41) is 0.222. The van der Waals surface area contributed by atoms with Crippen molar-refractivity contribution in [2.45, 2.75) is 19.8 Å². The smallest absolute Gasteiger partial charge is 0.321 e. The molecule has 0 aliphatic heterocycles. The largest absolute Gasteiger partial charge is 0.426 e. The lowest BCUT2D eigenvalue weighted by molar-refractivity contribution is -0.131. The maximum absolute atomic E-state index is 11.1. The minimum absolute atomic E-state index is 0.222. The van der Waals surface area contributed by atoms with E-state index in [1.165, 1.54) is 0 Å². The predicted molar refractivity (Wildman–Crippen MR) is 60.0 cm³/mol. The third-order valence-corrected chi connectivity index (χ3v) is 2.33. The molecule has 0 aliphatic carbocycles. The van der Waals surface area contributed by atoms with Gasteiger partial charge in [-0.1, -0.05) is 48.0 Å². The van der Waals surface area contributed by atoms with E-state index in [0.717, 1.165) is 5.56 Å². The van der Waals surface area contributed by atoms with Crippen molar-refractivity contribution in [2.24, 2.45) is 0 Å². The molecule has 0 spiro atoms. The Morgan fingerprint density at radius 3 is 2.64 bits per heavy atom. The van der Waals surface area contributed by atoms with Gasteiger partial charge in [-0.05, 0) is 17.5 Å². The Hall–Kier alpha value is -0.830. The van der Waals surface area contributed by atoms with Crippen molar-refractivity contribution >= 4 is 21.9 Å². The molecule has 0 N–H and O–H groups in total. The number of rotatable bonds is 3. The van der Waals surface area contributed by atoms with E-state index in [0.29, 0.717) is 11.7 Å². The number of carbonyl (C=O) groups is 1. The maximum Gasteiger partial charge on any atom is 0.321 e. The fourth-order valence-corrected chi connectivity index (χ4v) is 1.31. The number of esters is 1. The van der Waals surface area contributed by atoms with Crippen LogP contribution < -0.4 is 4.74 Å². The van der Waals surface area contributed by atoms with Gasteiger partial charge in [-0.25, -0.2) is 0 Å². The molecule has 0 aromatic heterocycles. The first-order valence-corrected chi connectivity index (χ1v) is 5.63. The molecule has 0 bridgehead atoms. The van der Waals surface area contributed by atoms with Gasteiger partial charge in [-0.3, -0.25) is 4.79 Å². The summed E-state index contributed by atoms with van der Waals surface area (Å²) >= 11 is 3.06. The van der Waals surface area contributed by atoms with Crippen LogP contribution >= 0.6 is 15.9 Å². The SMILES string of the molecule is CC(C)c1ccccc1OC(=O)CBr. The Morgan fingerprint density at radius 2 is 2.07 bits per heavy atom. The number of hydrogen-bond donors (Lipinski definition) is 0. The van der Waals surface area contributed by atoms with E-state index < -0.39 is 0 Å². The lowest BCUT2D eigenvalue weighted by Crippen LogP contribution is -2.10. The highest BCUT2D eigenvalue weighted by molar-refractivity contribution is 9.09. The molecule has 14 heavy (non-hydrogen) atoms. The van der Waals surface area contributed by atoms with Crippen LogP contribution in [-0.4, -0.2) is 11.3 Å². The molecule has 1 aromatic carbocycles. The number of ether oxygens (including phenoxy) is 1. The third-order valence-electron chi connectivity index (χ3n) is 1.87. The van der Waals surface area contributed by atoms with Gasteiger partial charge >= 0.3 is 5.97 Å².